The average molecular weight is 260 g/mol. The molecule has 2 aromatic rings. The minimum atomic E-state index is 0.540. The van der Waals surface area contributed by atoms with E-state index in [-0.39, 0.29) is 0 Å². The van der Waals surface area contributed by atoms with E-state index in [9.17, 15) is 0 Å². The van der Waals surface area contributed by atoms with Crippen LogP contribution in [0, 0.1) is 0 Å². The van der Waals surface area contributed by atoms with Crippen molar-refractivity contribution in [3.05, 3.63) is 35.3 Å². The number of ether oxygens (including phenoxy) is 1. The van der Waals surface area contributed by atoms with Crippen LogP contribution in [0.4, 0.5) is 0 Å². The van der Waals surface area contributed by atoms with Gasteiger partial charge in [0.1, 0.15) is 10.8 Å². The second-order valence-electron chi connectivity index (χ2n) is 4.45. The van der Waals surface area contributed by atoms with Gasteiger partial charge in [-0.1, -0.05) is 12.1 Å². The van der Waals surface area contributed by atoms with E-state index in [0.717, 1.165) is 35.9 Å². The molecule has 1 aromatic heterocycles. The molecule has 2 heterocycles. The highest BCUT2D eigenvalue weighted by Crippen LogP contribution is 2.41. The molecular formula is C14H16N2OS. The van der Waals surface area contributed by atoms with Crippen LogP contribution in [0.3, 0.4) is 0 Å². The molecule has 0 saturated heterocycles. The quantitative estimate of drug-likeness (QED) is 0.921. The van der Waals surface area contributed by atoms with Crippen LogP contribution in [0.25, 0.3) is 10.6 Å². The molecule has 0 fully saturated rings. The number of rotatable bonds is 3. The van der Waals surface area contributed by atoms with Gasteiger partial charge < -0.3 is 10.1 Å². The maximum Gasteiger partial charge on any atom is 0.133 e. The Labute approximate surface area is 111 Å². The zero-order valence-electron chi connectivity index (χ0n) is 10.3. The number of thiazole rings is 1. The Hall–Kier alpha value is -1.39. The summed E-state index contributed by atoms with van der Waals surface area (Å²) in [6, 6.07) is 6.37. The van der Waals surface area contributed by atoms with E-state index < -0.39 is 0 Å². The van der Waals surface area contributed by atoms with Crippen molar-refractivity contribution in [2.24, 2.45) is 0 Å². The molecule has 18 heavy (non-hydrogen) atoms. The maximum absolute atomic E-state index is 5.89. The van der Waals surface area contributed by atoms with Gasteiger partial charge in [-0.15, -0.1) is 11.3 Å². The molecule has 1 unspecified atom stereocenters. The smallest absolute Gasteiger partial charge is 0.133 e. The first-order valence-corrected chi connectivity index (χ1v) is 7.08. The number of hydrogen-bond donors (Lipinski definition) is 1. The summed E-state index contributed by atoms with van der Waals surface area (Å²) in [5.41, 5.74) is 2.44. The Morgan fingerprint density at radius 1 is 1.50 bits per heavy atom. The first kappa shape index (κ1) is 11.7. The summed E-state index contributed by atoms with van der Waals surface area (Å²) in [7, 11) is 2.00. The molecule has 3 nitrogen and oxygen atoms in total. The molecule has 1 aromatic carbocycles. The normalized spacial score (nSPS) is 18.2. The SMILES string of the molecule is CNCC1CCOc2c(-c3nccs3)cccc21. The van der Waals surface area contributed by atoms with Gasteiger partial charge in [-0.25, -0.2) is 4.98 Å². The molecule has 1 aliphatic rings. The van der Waals surface area contributed by atoms with E-state index in [1.807, 2.05) is 18.6 Å². The van der Waals surface area contributed by atoms with E-state index in [4.69, 9.17) is 4.74 Å². The largest absolute Gasteiger partial charge is 0.493 e. The van der Waals surface area contributed by atoms with Gasteiger partial charge in [0, 0.05) is 24.0 Å². The van der Waals surface area contributed by atoms with E-state index in [1.54, 1.807) is 11.3 Å². The fourth-order valence-electron chi connectivity index (χ4n) is 2.48. The minimum Gasteiger partial charge on any atom is -0.493 e. The third kappa shape index (κ3) is 2.02. The Morgan fingerprint density at radius 2 is 2.44 bits per heavy atom. The maximum atomic E-state index is 5.89. The zero-order chi connectivity index (χ0) is 12.4. The van der Waals surface area contributed by atoms with Gasteiger partial charge in [0.2, 0.25) is 0 Å². The summed E-state index contributed by atoms with van der Waals surface area (Å²) in [5.74, 6) is 1.57. The molecule has 0 saturated carbocycles. The number of nitrogens with one attached hydrogen (secondary N) is 1. The fraction of sp³-hybridized carbons (Fsp3) is 0.357. The van der Waals surface area contributed by atoms with Gasteiger partial charge in [-0.2, -0.15) is 0 Å². The predicted octanol–water partition coefficient (Wildman–Crippen LogP) is 2.90. The number of hydrogen-bond acceptors (Lipinski definition) is 4. The standard InChI is InChI=1S/C14H16N2OS/c1-15-9-10-5-7-17-13-11(10)3-2-4-12(13)14-16-6-8-18-14/h2-4,6,8,10,15H,5,7,9H2,1H3. The van der Waals surface area contributed by atoms with Crippen molar-refractivity contribution in [3.63, 3.8) is 0 Å². The van der Waals surface area contributed by atoms with E-state index >= 15 is 0 Å². The summed E-state index contributed by atoms with van der Waals surface area (Å²) < 4.78 is 5.89. The molecule has 0 bridgehead atoms. The van der Waals surface area contributed by atoms with Crippen molar-refractivity contribution in [3.8, 4) is 16.3 Å². The van der Waals surface area contributed by atoms with E-state index in [1.165, 1.54) is 5.56 Å². The first-order chi connectivity index (χ1) is 8.90. The number of likely N-dealkylation sites (N-methyl/N-ethyl adjacent to an activating group) is 1. The summed E-state index contributed by atoms with van der Waals surface area (Å²) in [6.07, 6.45) is 2.92. The highest BCUT2D eigenvalue weighted by Gasteiger charge is 2.24. The van der Waals surface area contributed by atoms with E-state index in [0.29, 0.717) is 5.92 Å². The molecular weight excluding hydrogens is 244 g/mol. The van der Waals surface area contributed by atoms with Crippen molar-refractivity contribution < 1.29 is 4.74 Å². The van der Waals surface area contributed by atoms with Crippen LogP contribution in [0.5, 0.6) is 5.75 Å². The van der Waals surface area contributed by atoms with Crippen LogP contribution >= 0.6 is 11.3 Å². The third-order valence-corrected chi connectivity index (χ3v) is 4.12. The molecule has 94 valence electrons. The summed E-state index contributed by atoms with van der Waals surface area (Å²) in [6.45, 7) is 1.79. The van der Waals surface area contributed by atoms with Crippen LogP contribution < -0.4 is 10.1 Å². The van der Waals surface area contributed by atoms with E-state index in [2.05, 4.69) is 28.5 Å². The topological polar surface area (TPSA) is 34.1 Å². The Balaban J connectivity index is 2.06. The summed E-state index contributed by atoms with van der Waals surface area (Å²) >= 11 is 1.66. The van der Waals surface area contributed by atoms with Gasteiger partial charge in [0.25, 0.3) is 0 Å². The van der Waals surface area contributed by atoms with Crippen molar-refractivity contribution in [1.29, 1.82) is 0 Å². The highest BCUT2D eigenvalue weighted by atomic mass is 32.1. The summed E-state index contributed by atoms with van der Waals surface area (Å²) in [4.78, 5) is 4.39. The molecule has 3 rings (SSSR count). The number of fused-ring (bicyclic) bond motifs is 1. The van der Waals surface area contributed by atoms with Crippen LogP contribution in [-0.4, -0.2) is 25.2 Å². The second-order valence-corrected chi connectivity index (χ2v) is 5.35. The lowest BCUT2D eigenvalue weighted by Gasteiger charge is -2.27. The van der Waals surface area contributed by atoms with Gasteiger partial charge in [0.05, 0.1) is 12.2 Å². The van der Waals surface area contributed by atoms with Crippen molar-refractivity contribution in [2.45, 2.75) is 12.3 Å². The van der Waals surface area contributed by atoms with Crippen LogP contribution in [-0.2, 0) is 0 Å². The lowest BCUT2D eigenvalue weighted by Crippen LogP contribution is -2.23. The fourth-order valence-corrected chi connectivity index (χ4v) is 3.14. The first-order valence-electron chi connectivity index (χ1n) is 6.20. The van der Waals surface area contributed by atoms with Crippen LogP contribution in [0.1, 0.15) is 17.9 Å². The van der Waals surface area contributed by atoms with Gasteiger partial charge in [-0.3, -0.25) is 0 Å². The van der Waals surface area contributed by atoms with Crippen LogP contribution in [0.2, 0.25) is 0 Å². The molecule has 0 spiro atoms. The zero-order valence-corrected chi connectivity index (χ0v) is 11.2. The highest BCUT2D eigenvalue weighted by molar-refractivity contribution is 7.13. The average Bonchev–Trinajstić information content (AvgIpc) is 2.93. The summed E-state index contributed by atoms with van der Waals surface area (Å²) in [5, 5.41) is 6.31. The number of benzene rings is 1. The molecule has 1 aliphatic heterocycles. The molecule has 0 aliphatic carbocycles. The Kier molecular flexibility index (Phi) is 3.30. The number of aromatic nitrogens is 1. The van der Waals surface area contributed by atoms with Crippen LogP contribution in [0.15, 0.2) is 29.8 Å². The predicted molar refractivity (Wildman–Crippen MR) is 74.3 cm³/mol. The monoisotopic (exact) mass is 260 g/mol. The lowest BCUT2D eigenvalue weighted by molar-refractivity contribution is 0.267. The lowest BCUT2D eigenvalue weighted by atomic mass is 9.91. The van der Waals surface area contributed by atoms with Gasteiger partial charge in [0.15, 0.2) is 0 Å². The van der Waals surface area contributed by atoms with Crippen molar-refractivity contribution >= 4 is 11.3 Å². The second kappa shape index (κ2) is 5.08. The van der Waals surface area contributed by atoms with Crippen molar-refractivity contribution in [1.82, 2.24) is 10.3 Å². The van der Waals surface area contributed by atoms with Gasteiger partial charge >= 0.3 is 0 Å². The molecule has 1 atom stereocenters. The van der Waals surface area contributed by atoms with Crippen molar-refractivity contribution in [2.75, 3.05) is 20.2 Å². The van der Waals surface area contributed by atoms with Gasteiger partial charge in [-0.05, 0) is 25.1 Å². The molecule has 0 amide bonds. The Morgan fingerprint density at radius 3 is 3.22 bits per heavy atom. The molecule has 0 radical (unpaired) electrons. The molecule has 4 heteroatoms. The number of para-hydroxylation sites is 1. The Bertz CT molecular complexity index is 525. The minimum absolute atomic E-state index is 0.540. The molecule has 1 N–H and O–H groups in total. The number of nitrogens with zero attached hydrogens (tertiary/aromatic N) is 1. The third-order valence-electron chi connectivity index (χ3n) is 3.31.